The monoisotopic (exact) mass is 203 g/mol. The first-order valence-corrected chi connectivity index (χ1v) is 5.20. The molecule has 0 aromatic heterocycles. The van der Waals surface area contributed by atoms with Crippen LogP contribution in [0.15, 0.2) is 24.3 Å². The predicted octanol–water partition coefficient (Wildman–Crippen LogP) is 2.97. The quantitative estimate of drug-likeness (QED) is 0.820. The molecule has 2 heteroatoms. The molecule has 2 atom stereocenters. The van der Waals surface area contributed by atoms with E-state index in [9.17, 15) is 5.11 Å². The van der Waals surface area contributed by atoms with Gasteiger partial charge in [0, 0.05) is 0 Å². The van der Waals surface area contributed by atoms with E-state index in [0.29, 0.717) is 6.42 Å². The Morgan fingerprint density at radius 3 is 2.53 bits per heavy atom. The summed E-state index contributed by atoms with van der Waals surface area (Å²) >= 11 is 0. The lowest BCUT2D eigenvalue weighted by Crippen LogP contribution is -2.23. The van der Waals surface area contributed by atoms with Crippen LogP contribution < -0.4 is 0 Å². The largest absolute Gasteiger partial charge is 0.387 e. The molecule has 0 aliphatic carbocycles. The van der Waals surface area contributed by atoms with Crippen molar-refractivity contribution in [2.24, 2.45) is 5.41 Å². The molecule has 15 heavy (non-hydrogen) atoms. The van der Waals surface area contributed by atoms with E-state index in [1.54, 1.807) is 6.92 Å². The van der Waals surface area contributed by atoms with Crippen LogP contribution in [0.2, 0.25) is 0 Å². The Bertz CT molecular complexity index is 380. The number of benzene rings is 1. The Labute approximate surface area is 91.2 Å². The lowest BCUT2D eigenvalue weighted by atomic mass is 9.79. The van der Waals surface area contributed by atoms with Crippen LogP contribution in [0, 0.1) is 23.7 Å². The van der Waals surface area contributed by atoms with Gasteiger partial charge in [0.05, 0.1) is 17.6 Å². The zero-order valence-electron chi connectivity index (χ0n) is 9.49. The van der Waals surface area contributed by atoms with Crippen LogP contribution in [0.5, 0.6) is 0 Å². The summed E-state index contributed by atoms with van der Waals surface area (Å²) in [6.45, 7) is 5.67. The van der Waals surface area contributed by atoms with E-state index in [-0.39, 0.29) is 0 Å². The number of aliphatic hydroxyl groups is 1. The fourth-order valence-electron chi connectivity index (χ4n) is 1.57. The van der Waals surface area contributed by atoms with Gasteiger partial charge in [-0.2, -0.15) is 5.26 Å². The Morgan fingerprint density at radius 2 is 2.07 bits per heavy atom. The SMILES string of the molecule is CCC(C)(C#N)C(O)c1ccccc1C. The molecule has 0 aliphatic heterocycles. The maximum atomic E-state index is 10.2. The summed E-state index contributed by atoms with van der Waals surface area (Å²) in [5.41, 5.74) is 1.18. The fourth-order valence-corrected chi connectivity index (χ4v) is 1.57. The molecule has 80 valence electrons. The summed E-state index contributed by atoms with van der Waals surface area (Å²) < 4.78 is 0. The molecular weight excluding hydrogens is 186 g/mol. The Hall–Kier alpha value is -1.33. The summed E-state index contributed by atoms with van der Waals surface area (Å²) in [6.07, 6.45) is -0.0763. The number of nitrogens with zero attached hydrogens (tertiary/aromatic N) is 1. The second kappa shape index (κ2) is 4.46. The fraction of sp³-hybridized carbons (Fsp3) is 0.462. The van der Waals surface area contributed by atoms with E-state index in [1.165, 1.54) is 0 Å². The topological polar surface area (TPSA) is 44.0 Å². The predicted molar refractivity (Wildman–Crippen MR) is 60.1 cm³/mol. The minimum Gasteiger partial charge on any atom is -0.387 e. The van der Waals surface area contributed by atoms with Gasteiger partial charge in [0.2, 0.25) is 0 Å². The third-order valence-electron chi connectivity index (χ3n) is 3.08. The van der Waals surface area contributed by atoms with Crippen molar-refractivity contribution in [1.29, 1.82) is 5.26 Å². The molecule has 1 N–H and O–H groups in total. The molecule has 0 bridgehead atoms. The van der Waals surface area contributed by atoms with Gasteiger partial charge in [0.1, 0.15) is 0 Å². The number of hydrogen-bond donors (Lipinski definition) is 1. The Morgan fingerprint density at radius 1 is 1.47 bits per heavy atom. The smallest absolute Gasteiger partial charge is 0.0976 e. The van der Waals surface area contributed by atoms with Crippen LogP contribution in [0.4, 0.5) is 0 Å². The molecule has 0 amide bonds. The van der Waals surface area contributed by atoms with Gasteiger partial charge in [-0.05, 0) is 31.4 Å². The van der Waals surface area contributed by atoms with Gasteiger partial charge in [-0.25, -0.2) is 0 Å². The highest BCUT2D eigenvalue weighted by Gasteiger charge is 2.32. The maximum Gasteiger partial charge on any atom is 0.0976 e. The van der Waals surface area contributed by atoms with Crippen LogP contribution in [0.25, 0.3) is 0 Å². The normalized spacial score (nSPS) is 16.5. The first-order chi connectivity index (χ1) is 7.05. The first-order valence-electron chi connectivity index (χ1n) is 5.20. The Balaban J connectivity index is 3.10. The molecule has 1 aromatic carbocycles. The van der Waals surface area contributed by atoms with Crippen molar-refractivity contribution in [1.82, 2.24) is 0 Å². The molecule has 0 saturated heterocycles. The summed E-state index contributed by atoms with van der Waals surface area (Å²) in [6, 6.07) is 9.85. The second-order valence-corrected chi connectivity index (χ2v) is 4.14. The number of hydrogen-bond acceptors (Lipinski definition) is 2. The third-order valence-corrected chi connectivity index (χ3v) is 3.08. The van der Waals surface area contributed by atoms with Crippen molar-refractivity contribution in [3.63, 3.8) is 0 Å². The highest BCUT2D eigenvalue weighted by molar-refractivity contribution is 5.30. The molecule has 1 aromatic rings. The number of nitriles is 1. The maximum absolute atomic E-state index is 10.2. The number of aryl methyl sites for hydroxylation is 1. The van der Waals surface area contributed by atoms with E-state index in [4.69, 9.17) is 5.26 Å². The first kappa shape index (κ1) is 11.7. The molecule has 2 unspecified atom stereocenters. The number of aliphatic hydroxyl groups excluding tert-OH is 1. The van der Waals surface area contributed by atoms with E-state index in [0.717, 1.165) is 11.1 Å². The summed E-state index contributed by atoms with van der Waals surface area (Å²) in [4.78, 5) is 0. The third kappa shape index (κ3) is 2.19. The van der Waals surface area contributed by atoms with Gasteiger partial charge >= 0.3 is 0 Å². The average molecular weight is 203 g/mol. The minimum atomic E-state index is -0.714. The molecule has 0 aliphatic rings. The molecule has 2 nitrogen and oxygen atoms in total. The van der Waals surface area contributed by atoms with Gasteiger partial charge in [-0.3, -0.25) is 0 Å². The van der Waals surface area contributed by atoms with Crippen molar-refractivity contribution < 1.29 is 5.11 Å². The molecule has 0 radical (unpaired) electrons. The van der Waals surface area contributed by atoms with Crippen molar-refractivity contribution in [2.45, 2.75) is 33.3 Å². The van der Waals surface area contributed by atoms with Crippen LogP contribution in [0.1, 0.15) is 37.5 Å². The second-order valence-electron chi connectivity index (χ2n) is 4.14. The van der Waals surface area contributed by atoms with E-state index >= 15 is 0 Å². The Kier molecular flexibility index (Phi) is 3.49. The lowest BCUT2D eigenvalue weighted by molar-refractivity contribution is 0.0717. The van der Waals surface area contributed by atoms with Crippen molar-refractivity contribution in [2.75, 3.05) is 0 Å². The van der Waals surface area contributed by atoms with Crippen molar-refractivity contribution in [3.8, 4) is 6.07 Å². The van der Waals surface area contributed by atoms with E-state index in [1.807, 2.05) is 38.1 Å². The van der Waals surface area contributed by atoms with Gasteiger partial charge < -0.3 is 5.11 Å². The van der Waals surface area contributed by atoms with Crippen LogP contribution in [-0.4, -0.2) is 5.11 Å². The van der Waals surface area contributed by atoms with Gasteiger partial charge in [0.15, 0.2) is 0 Å². The molecular formula is C13H17NO. The molecule has 0 heterocycles. The zero-order valence-corrected chi connectivity index (χ0v) is 9.49. The van der Waals surface area contributed by atoms with Crippen LogP contribution >= 0.6 is 0 Å². The van der Waals surface area contributed by atoms with Gasteiger partial charge in [-0.15, -0.1) is 0 Å². The zero-order chi connectivity index (χ0) is 11.5. The molecule has 0 spiro atoms. The highest BCUT2D eigenvalue weighted by Crippen LogP contribution is 2.37. The number of rotatable bonds is 3. The summed E-state index contributed by atoms with van der Waals surface area (Å²) in [5, 5.41) is 19.3. The van der Waals surface area contributed by atoms with Gasteiger partial charge in [0.25, 0.3) is 0 Å². The minimum absolute atomic E-state index is 0.638. The summed E-state index contributed by atoms with van der Waals surface area (Å²) in [5.74, 6) is 0. The lowest BCUT2D eigenvalue weighted by Gasteiger charge is -2.27. The molecule has 0 fully saturated rings. The van der Waals surface area contributed by atoms with Crippen LogP contribution in [-0.2, 0) is 0 Å². The summed E-state index contributed by atoms with van der Waals surface area (Å²) in [7, 11) is 0. The standard InChI is InChI=1S/C13H17NO/c1-4-13(3,9-14)12(15)11-8-6-5-7-10(11)2/h5-8,12,15H,4H2,1-3H3. The molecule has 0 saturated carbocycles. The van der Waals surface area contributed by atoms with Crippen LogP contribution in [0.3, 0.4) is 0 Å². The van der Waals surface area contributed by atoms with Crippen molar-refractivity contribution in [3.05, 3.63) is 35.4 Å². The van der Waals surface area contributed by atoms with E-state index in [2.05, 4.69) is 6.07 Å². The van der Waals surface area contributed by atoms with Gasteiger partial charge in [-0.1, -0.05) is 31.2 Å². The highest BCUT2D eigenvalue weighted by atomic mass is 16.3. The van der Waals surface area contributed by atoms with Crippen molar-refractivity contribution >= 4 is 0 Å². The average Bonchev–Trinajstić information content (AvgIpc) is 2.28. The molecule has 1 rings (SSSR count). The van der Waals surface area contributed by atoms with E-state index < -0.39 is 11.5 Å².